The molecule has 5 heteroatoms. The molecule has 0 unspecified atom stereocenters. The molecule has 2 rings (SSSR count). The van der Waals surface area contributed by atoms with Crippen molar-refractivity contribution in [1.82, 2.24) is 20.0 Å². The summed E-state index contributed by atoms with van der Waals surface area (Å²) >= 11 is 0. The van der Waals surface area contributed by atoms with Crippen LogP contribution in [0.4, 0.5) is 5.69 Å². The number of aryl methyl sites for hydroxylation is 2. The van der Waals surface area contributed by atoms with Crippen molar-refractivity contribution in [2.75, 3.05) is 5.73 Å². The molecule has 14 heavy (non-hydrogen) atoms. The molecule has 0 atom stereocenters. The van der Waals surface area contributed by atoms with Gasteiger partial charge in [-0.1, -0.05) is 5.21 Å². The highest BCUT2D eigenvalue weighted by Crippen LogP contribution is 2.22. The summed E-state index contributed by atoms with van der Waals surface area (Å²) in [6.45, 7) is 1.94. The van der Waals surface area contributed by atoms with Gasteiger partial charge >= 0.3 is 0 Å². The number of hydrogen-bond acceptors (Lipinski definition) is 4. The van der Waals surface area contributed by atoms with E-state index in [-0.39, 0.29) is 0 Å². The third-order valence-electron chi connectivity index (χ3n) is 2.05. The largest absolute Gasteiger partial charge is 0.397 e. The van der Waals surface area contributed by atoms with Crippen molar-refractivity contribution in [2.45, 2.75) is 6.92 Å². The zero-order valence-corrected chi connectivity index (χ0v) is 8.10. The molecule has 2 aromatic heterocycles. The van der Waals surface area contributed by atoms with E-state index in [4.69, 9.17) is 5.73 Å². The molecule has 0 saturated carbocycles. The molecule has 0 saturated heterocycles. The molecule has 2 aromatic rings. The molecule has 0 bridgehead atoms. The van der Waals surface area contributed by atoms with Crippen LogP contribution < -0.4 is 5.73 Å². The summed E-state index contributed by atoms with van der Waals surface area (Å²) in [6.07, 6.45) is 3.51. The molecule has 2 N–H and O–H groups in total. The first kappa shape index (κ1) is 8.68. The summed E-state index contributed by atoms with van der Waals surface area (Å²) in [4.78, 5) is 4.18. The Kier molecular flexibility index (Phi) is 1.92. The number of nitrogens with two attached hydrogens (primary N) is 1. The number of anilines is 1. The molecular weight excluding hydrogens is 178 g/mol. The lowest BCUT2D eigenvalue weighted by atomic mass is 10.2. The number of nitrogens with zero attached hydrogens (tertiary/aromatic N) is 4. The maximum atomic E-state index is 5.88. The van der Waals surface area contributed by atoms with Gasteiger partial charge in [-0.15, -0.1) is 5.10 Å². The highest BCUT2D eigenvalue weighted by molar-refractivity contribution is 5.71. The van der Waals surface area contributed by atoms with Crippen LogP contribution in [-0.4, -0.2) is 20.0 Å². The summed E-state index contributed by atoms with van der Waals surface area (Å²) < 4.78 is 1.62. The van der Waals surface area contributed by atoms with Gasteiger partial charge in [0.2, 0.25) is 0 Å². The lowest BCUT2D eigenvalue weighted by Gasteiger charge is -2.02. The monoisotopic (exact) mass is 189 g/mol. The van der Waals surface area contributed by atoms with E-state index < -0.39 is 0 Å². The Labute approximate surface area is 81.6 Å². The quantitative estimate of drug-likeness (QED) is 0.719. The normalized spacial score (nSPS) is 10.4. The predicted molar refractivity (Wildman–Crippen MR) is 53.4 cm³/mol. The second-order valence-corrected chi connectivity index (χ2v) is 3.17. The van der Waals surface area contributed by atoms with Crippen LogP contribution in [0, 0.1) is 6.92 Å². The van der Waals surface area contributed by atoms with E-state index in [9.17, 15) is 0 Å². The molecule has 0 aliphatic rings. The highest BCUT2D eigenvalue weighted by Gasteiger charge is 2.08. The molecule has 72 valence electrons. The fourth-order valence-corrected chi connectivity index (χ4v) is 1.23. The van der Waals surface area contributed by atoms with E-state index in [1.165, 1.54) is 0 Å². The molecule has 0 aliphatic carbocycles. The zero-order chi connectivity index (χ0) is 10.1. The van der Waals surface area contributed by atoms with Crippen LogP contribution in [0.25, 0.3) is 11.4 Å². The number of nitrogen functional groups attached to an aromatic ring is 1. The molecule has 0 fully saturated rings. The van der Waals surface area contributed by atoms with Crippen molar-refractivity contribution in [1.29, 1.82) is 0 Å². The van der Waals surface area contributed by atoms with Crippen molar-refractivity contribution in [3.8, 4) is 11.4 Å². The molecular formula is C9H11N5. The van der Waals surface area contributed by atoms with Gasteiger partial charge in [0.15, 0.2) is 0 Å². The van der Waals surface area contributed by atoms with E-state index >= 15 is 0 Å². The van der Waals surface area contributed by atoms with E-state index in [0.717, 1.165) is 5.56 Å². The predicted octanol–water partition coefficient (Wildman–Crippen LogP) is 0.768. The Bertz CT molecular complexity index is 460. The Morgan fingerprint density at radius 2 is 2.21 bits per heavy atom. The van der Waals surface area contributed by atoms with Gasteiger partial charge in [-0.3, -0.25) is 9.67 Å². The van der Waals surface area contributed by atoms with Crippen LogP contribution in [-0.2, 0) is 7.05 Å². The lowest BCUT2D eigenvalue weighted by molar-refractivity contribution is 0.715. The van der Waals surface area contributed by atoms with E-state index in [2.05, 4.69) is 15.3 Å². The first-order valence-corrected chi connectivity index (χ1v) is 4.26. The lowest BCUT2D eigenvalue weighted by Crippen LogP contribution is -1.96. The van der Waals surface area contributed by atoms with Gasteiger partial charge < -0.3 is 5.73 Å². The molecule has 0 aromatic carbocycles. The minimum Gasteiger partial charge on any atom is -0.397 e. The summed E-state index contributed by atoms with van der Waals surface area (Å²) in [5.41, 5.74) is 8.94. The third kappa shape index (κ3) is 1.32. The van der Waals surface area contributed by atoms with Crippen LogP contribution in [0.5, 0.6) is 0 Å². The molecule has 0 spiro atoms. The fraction of sp³-hybridized carbons (Fsp3) is 0.222. The Morgan fingerprint density at radius 3 is 2.86 bits per heavy atom. The van der Waals surface area contributed by atoms with Crippen molar-refractivity contribution in [3.63, 3.8) is 0 Å². The Hall–Kier alpha value is -1.91. The topological polar surface area (TPSA) is 69.6 Å². The smallest absolute Gasteiger partial charge is 0.133 e. The van der Waals surface area contributed by atoms with Gasteiger partial charge in [0.1, 0.15) is 11.4 Å². The second-order valence-electron chi connectivity index (χ2n) is 3.17. The van der Waals surface area contributed by atoms with Crippen LogP contribution >= 0.6 is 0 Å². The minimum absolute atomic E-state index is 0.660. The van der Waals surface area contributed by atoms with Gasteiger partial charge in [0, 0.05) is 13.2 Å². The van der Waals surface area contributed by atoms with E-state index in [1.807, 2.05) is 20.0 Å². The minimum atomic E-state index is 0.660. The summed E-state index contributed by atoms with van der Waals surface area (Å²) in [6, 6.07) is 1.87. The molecule has 2 heterocycles. The first-order chi connectivity index (χ1) is 6.68. The van der Waals surface area contributed by atoms with Crippen molar-refractivity contribution in [2.24, 2.45) is 7.05 Å². The van der Waals surface area contributed by atoms with Crippen LogP contribution in [0.15, 0.2) is 18.5 Å². The van der Waals surface area contributed by atoms with Gasteiger partial charge in [-0.05, 0) is 18.6 Å². The van der Waals surface area contributed by atoms with Crippen molar-refractivity contribution in [3.05, 3.63) is 24.0 Å². The third-order valence-corrected chi connectivity index (χ3v) is 2.05. The SMILES string of the molecule is Cc1ccnc(-c2cn(C)nn2)c1N. The number of aromatic nitrogens is 4. The Morgan fingerprint density at radius 1 is 1.43 bits per heavy atom. The first-order valence-electron chi connectivity index (χ1n) is 4.26. The maximum Gasteiger partial charge on any atom is 0.133 e. The van der Waals surface area contributed by atoms with Crippen LogP contribution in [0.1, 0.15) is 5.56 Å². The van der Waals surface area contributed by atoms with Gasteiger partial charge in [-0.2, -0.15) is 0 Å². The summed E-state index contributed by atoms with van der Waals surface area (Å²) in [7, 11) is 1.81. The average Bonchev–Trinajstić information content (AvgIpc) is 2.57. The van der Waals surface area contributed by atoms with Gasteiger partial charge in [0.25, 0.3) is 0 Å². The second kappa shape index (κ2) is 3.10. The highest BCUT2D eigenvalue weighted by atomic mass is 15.4. The zero-order valence-electron chi connectivity index (χ0n) is 8.10. The standard InChI is InChI=1S/C9H11N5/c1-6-3-4-11-9(8(6)10)7-5-14(2)13-12-7/h3-5H,10H2,1-2H3. The van der Waals surface area contributed by atoms with Gasteiger partial charge in [-0.25, -0.2) is 0 Å². The fourth-order valence-electron chi connectivity index (χ4n) is 1.23. The molecule has 0 radical (unpaired) electrons. The summed E-state index contributed by atoms with van der Waals surface area (Å²) in [5.74, 6) is 0. The van der Waals surface area contributed by atoms with E-state index in [0.29, 0.717) is 17.1 Å². The Balaban J connectivity index is 2.57. The van der Waals surface area contributed by atoms with Crippen LogP contribution in [0.2, 0.25) is 0 Å². The maximum absolute atomic E-state index is 5.88. The van der Waals surface area contributed by atoms with Crippen LogP contribution in [0.3, 0.4) is 0 Å². The average molecular weight is 189 g/mol. The van der Waals surface area contributed by atoms with Crippen molar-refractivity contribution >= 4 is 5.69 Å². The van der Waals surface area contributed by atoms with E-state index in [1.54, 1.807) is 17.1 Å². The molecule has 5 nitrogen and oxygen atoms in total. The summed E-state index contributed by atoms with van der Waals surface area (Å²) in [5, 5.41) is 7.79. The van der Waals surface area contributed by atoms with Gasteiger partial charge in [0.05, 0.1) is 11.9 Å². The number of pyridine rings is 1. The number of rotatable bonds is 1. The molecule has 0 amide bonds. The van der Waals surface area contributed by atoms with Crippen molar-refractivity contribution < 1.29 is 0 Å². The molecule has 0 aliphatic heterocycles. The number of hydrogen-bond donors (Lipinski definition) is 1.